The van der Waals surface area contributed by atoms with Crippen molar-refractivity contribution in [1.29, 1.82) is 0 Å². The minimum Gasteiger partial charge on any atom is -0.322 e. The molecule has 8 heteroatoms. The molecule has 0 spiro atoms. The number of benzene rings is 3. The molecule has 0 radical (unpaired) electrons. The molecule has 1 fully saturated rings. The topological polar surface area (TPSA) is 76.1 Å². The number of fused-ring (bicyclic) bond motifs is 1. The van der Waals surface area contributed by atoms with Gasteiger partial charge in [-0.05, 0) is 42.8 Å². The lowest BCUT2D eigenvalue weighted by molar-refractivity contribution is 0.102. The number of aromatic nitrogens is 1. The van der Waals surface area contributed by atoms with Crippen molar-refractivity contribution >= 4 is 54.7 Å². The van der Waals surface area contributed by atoms with Gasteiger partial charge in [-0.25, -0.2) is 13.4 Å². The molecule has 0 aliphatic carbocycles. The van der Waals surface area contributed by atoms with E-state index in [9.17, 15) is 13.2 Å². The molecule has 0 saturated carbocycles. The van der Waals surface area contributed by atoms with Crippen LogP contribution in [0.5, 0.6) is 0 Å². The fourth-order valence-electron chi connectivity index (χ4n) is 3.71. The second-order valence-electron chi connectivity index (χ2n) is 7.66. The summed E-state index contributed by atoms with van der Waals surface area (Å²) in [5.41, 5.74) is 3.15. The van der Waals surface area contributed by atoms with Crippen molar-refractivity contribution in [2.45, 2.75) is 16.6 Å². The molecule has 2 heterocycles. The van der Waals surface area contributed by atoms with E-state index in [1.807, 2.05) is 66.7 Å². The van der Waals surface area contributed by atoms with E-state index in [-0.39, 0.29) is 22.7 Å². The summed E-state index contributed by atoms with van der Waals surface area (Å²) in [5, 5.41) is 3.88. The Morgan fingerprint density at radius 2 is 1.84 bits per heavy atom. The van der Waals surface area contributed by atoms with E-state index >= 15 is 0 Å². The van der Waals surface area contributed by atoms with Crippen LogP contribution in [0.4, 0.5) is 5.69 Å². The highest BCUT2D eigenvalue weighted by molar-refractivity contribution is 8.02. The summed E-state index contributed by atoms with van der Waals surface area (Å²) >= 11 is 3.09. The lowest BCUT2D eigenvalue weighted by atomic mass is 10.1. The van der Waals surface area contributed by atoms with E-state index in [1.54, 1.807) is 17.4 Å². The Bertz CT molecular complexity index is 1380. The van der Waals surface area contributed by atoms with Crippen LogP contribution in [0.1, 0.15) is 16.8 Å². The number of nitrogens with one attached hydrogen (secondary N) is 1. The molecule has 1 saturated heterocycles. The number of para-hydroxylation sites is 1. The van der Waals surface area contributed by atoms with Gasteiger partial charge in [-0.2, -0.15) is 0 Å². The number of rotatable bonds is 5. The van der Waals surface area contributed by atoms with Gasteiger partial charge in [0.2, 0.25) is 0 Å². The Kier molecular flexibility index (Phi) is 5.75. The highest BCUT2D eigenvalue weighted by atomic mass is 32.2. The zero-order valence-electron chi connectivity index (χ0n) is 17.0. The highest BCUT2D eigenvalue weighted by Crippen LogP contribution is 2.34. The van der Waals surface area contributed by atoms with Crippen molar-refractivity contribution in [2.75, 3.05) is 16.8 Å². The van der Waals surface area contributed by atoms with E-state index in [2.05, 4.69) is 5.32 Å². The fourth-order valence-corrected chi connectivity index (χ4v) is 8.30. The Hall–Kier alpha value is -2.68. The van der Waals surface area contributed by atoms with Gasteiger partial charge in [0.25, 0.3) is 5.91 Å². The van der Waals surface area contributed by atoms with Crippen LogP contribution in [0.2, 0.25) is 0 Å². The first-order valence-electron chi connectivity index (χ1n) is 10.2. The zero-order chi connectivity index (χ0) is 22.1. The van der Waals surface area contributed by atoms with Crippen LogP contribution >= 0.6 is 23.1 Å². The minimum absolute atomic E-state index is 0.0173. The maximum atomic E-state index is 13.1. The predicted octanol–water partition coefficient (Wildman–Crippen LogP) is 5.49. The van der Waals surface area contributed by atoms with E-state index < -0.39 is 9.84 Å². The Morgan fingerprint density at radius 3 is 2.66 bits per heavy atom. The smallest absolute Gasteiger partial charge is 0.256 e. The number of sulfone groups is 1. The van der Waals surface area contributed by atoms with E-state index in [1.165, 1.54) is 11.8 Å². The Morgan fingerprint density at radius 1 is 1.03 bits per heavy atom. The lowest BCUT2D eigenvalue weighted by Gasteiger charge is -2.13. The summed E-state index contributed by atoms with van der Waals surface area (Å²) in [6, 6.07) is 23.0. The van der Waals surface area contributed by atoms with Crippen LogP contribution in [0.25, 0.3) is 20.8 Å². The summed E-state index contributed by atoms with van der Waals surface area (Å²) in [5.74, 6) is 0.172. The molecule has 1 atom stereocenters. The van der Waals surface area contributed by atoms with Crippen molar-refractivity contribution in [3.05, 3.63) is 78.4 Å². The Balaban J connectivity index is 1.36. The summed E-state index contributed by atoms with van der Waals surface area (Å²) in [4.78, 5) is 18.6. The van der Waals surface area contributed by atoms with Crippen molar-refractivity contribution in [3.63, 3.8) is 0 Å². The summed E-state index contributed by atoms with van der Waals surface area (Å²) in [7, 11) is -2.96. The van der Waals surface area contributed by atoms with Crippen LogP contribution in [0, 0.1) is 0 Å². The second kappa shape index (κ2) is 8.69. The van der Waals surface area contributed by atoms with E-state index in [0.29, 0.717) is 17.7 Å². The van der Waals surface area contributed by atoms with Gasteiger partial charge in [0.05, 0.1) is 27.3 Å². The first-order chi connectivity index (χ1) is 15.5. The summed E-state index contributed by atoms with van der Waals surface area (Å²) in [6.45, 7) is 0. The van der Waals surface area contributed by atoms with Gasteiger partial charge in [0.15, 0.2) is 9.84 Å². The van der Waals surface area contributed by atoms with Crippen LogP contribution in [-0.4, -0.2) is 36.1 Å². The van der Waals surface area contributed by atoms with Crippen LogP contribution < -0.4 is 5.32 Å². The highest BCUT2D eigenvalue weighted by Gasteiger charge is 2.29. The molecule has 1 aromatic heterocycles. The van der Waals surface area contributed by atoms with E-state index in [4.69, 9.17) is 4.98 Å². The molecule has 1 aliphatic heterocycles. The maximum absolute atomic E-state index is 13.1. The first kappa shape index (κ1) is 21.2. The number of nitrogens with zero attached hydrogens (tertiary/aromatic N) is 1. The van der Waals surface area contributed by atoms with Gasteiger partial charge in [-0.15, -0.1) is 23.1 Å². The molecule has 4 aromatic rings. The zero-order valence-corrected chi connectivity index (χ0v) is 19.5. The average molecular weight is 481 g/mol. The van der Waals surface area contributed by atoms with Crippen molar-refractivity contribution in [2.24, 2.45) is 0 Å². The molecule has 162 valence electrons. The number of thioether (sulfide) groups is 1. The number of thiazole rings is 1. The molecule has 1 unspecified atom stereocenters. The molecule has 5 rings (SSSR count). The van der Waals surface area contributed by atoms with Crippen LogP contribution in [0.15, 0.2) is 77.7 Å². The van der Waals surface area contributed by atoms with Gasteiger partial charge < -0.3 is 5.32 Å². The van der Waals surface area contributed by atoms with Crippen molar-refractivity contribution < 1.29 is 13.2 Å². The number of carbonyl (C=O) groups excluding carboxylic acids is 1. The molecule has 0 bridgehead atoms. The van der Waals surface area contributed by atoms with Gasteiger partial charge in [0.1, 0.15) is 5.01 Å². The number of anilines is 1. The van der Waals surface area contributed by atoms with Gasteiger partial charge in [0, 0.05) is 21.4 Å². The predicted molar refractivity (Wildman–Crippen MR) is 132 cm³/mol. The number of amides is 1. The number of hydrogen-bond donors (Lipinski definition) is 1. The van der Waals surface area contributed by atoms with E-state index in [0.717, 1.165) is 25.7 Å². The molecule has 32 heavy (non-hydrogen) atoms. The van der Waals surface area contributed by atoms with Gasteiger partial charge in [-0.1, -0.05) is 36.4 Å². The number of carbonyl (C=O) groups is 1. The van der Waals surface area contributed by atoms with Crippen LogP contribution in [-0.2, 0) is 9.84 Å². The summed E-state index contributed by atoms with van der Waals surface area (Å²) in [6.07, 6.45) is 0.618. The van der Waals surface area contributed by atoms with Gasteiger partial charge in [-0.3, -0.25) is 4.79 Å². The third kappa shape index (κ3) is 4.57. The third-order valence-electron chi connectivity index (χ3n) is 5.28. The summed E-state index contributed by atoms with van der Waals surface area (Å²) < 4.78 is 24.7. The monoisotopic (exact) mass is 480 g/mol. The van der Waals surface area contributed by atoms with Gasteiger partial charge >= 0.3 is 0 Å². The first-order valence-corrected chi connectivity index (χ1v) is 13.7. The lowest BCUT2D eigenvalue weighted by Crippen LogP contribution is -2.14. The molecule has 1 N–H and O–H groups in total. The molecular formula is C24H20N2O3S3. The second-order valence-corrected chi connectivity index (χ2v) is 12.3. The largest absolute Gasteiger partial charge is 0.322 e. The fraction of sp³-hybridized carbons (Fsp3) is 0.167. The third-order valence-corrected chi connectivity index (χ3v) is 9.69. The Labute approximate surface area is 194 Å². The minimum atomic E-state index is -2.96. The molecular weight excluding hydrogens is 460 g/mol. The maximum Gasteiger partial charge on any atom is 0.256 e. The SMILES string of the molecule is O=C(Nc1cccc(-c2nc3ccccc3s2)c1)c1ccccc1SC1CCS(=O)(=O)C1. The number of hydrogen-bond acceptors (Lipinski definition) is 6. The quantitative estimate of drug-likeness (QED) is 0.408. The van der Waals surface area contributed by atoms with Crippen LogP contribution in [0.3, 0.4) is 0 Å². The van der Waals surface area contributed by atoms with Crippen molar-refractivity contribution in [1.82, 2.24) is 4.98 Å². The molecule has 3 aromatic carbocycles. The normalized spacial score (nSPS) is 17.4. The molecule has 1 amide bonds. The standard InChI is InChI=1S/C24H20N2O3S3/c27-23(19-8-1-3-10-21(19)30-18-12-13-32(28,29)15-18)25-17-7-5-6-16(14-17)24-26-20-9-2-4-11-22(20)31-24/h1-11,14,18H,12-13,15H2,(H,25,27). The molecule has 5 nitrogen and oxygen atoms in total. The van der Waals surface area contributed by atoms with Crippen molar-refractivity contribution in [3.8, 4) is 10.6 Å². The molecule has 1 aliphatic rings. The average Bonchev–Trinajstić information content (AvgIpc) is 3.37.